The van der Waals surface area contributed by atoms with E-state index in [9.17, 15) is 4.79 Å². The lowest BCUT2D eigenvalue weighted by atomic mass is 10.3. The van der Waals surface area contributed by atoms with E-state index in [0.29, 0.717) is 26.2 Å². The van der Waals surface area contributed by atoms with Crippen LogP contribution in [0.4, 0.5) is 0 Å². The molecule has 0 fully saturated rings. The smallest absolute Gasteiger partial charge is 0.243 e. The van der Waals surface area contributed by atoms with Crippen molar-refractivity contribution in [3.8, 4) is 0 Å². The summed E-state index contributed by atoms with van der Waals surface area (Å²) in [5.74, 6) is -0.441. The summed E-state index contributed by atoms with van der Waals surface area (Å²) in [6.45, 7) is 1.96. The van der Waals surface area contributed by atoms with Crippen molar-refractivity contribution in [1.29, 1.82) is 0 Å². The van der Waals surface area contributed by atoms with Crippen LogP contribution in [0.15, 0.2) is 0 Å². The number of primary amides is 1. The van der Waals surface area contributed by atoms with E-state index < -0.39 is 5.91 Å². The zero-order valence-corrected chi connectivity index (χ0v) is 8.41. The maximum atomic E-state index is 10.3. The molecule has 0 atom stereocenters. The molecule has 0 bridgehead atoms. The Morgan fingerprint density at radius 1 is 1.07 bits per heavy atom. The molecule has 0 radical (unpaired) electrons. The highest BCUT2D eigenvalue weighted by Crippen LogP contribution is 1.92. The summed E-state index contributed by atoms with van der Waals surface area (Å²) in [7, 11) is 0. The second-order valence-corrected chi connectivity index (χ2v) is 2.92. The summed E-state index contributed by atoms with van der Waals surface area (Å²) >= 11 is 0. The van der Waals surface area contributed by atoms with Gasteiger partial charge < -0.3 is 20.3 Å². The standard InChI is InChI=1S/C9H19NO4/c10-9(12)8-14-6-2-1-5-13-7-3-4-11/h11H,1-8H2,(H2,10,12). The Kier molecular flexibility index (Phi) is 9.95. The van der Waals surface area contributed by atoms with Gasteiger partial charge in [0.1, 0.15) is 6.61 Å². The lowest BCUT2D eigenvalue weighted by Crippen LogP contribution is -2.18. The fourth-order valence-corrected chi connectivity index (χ4v) is 0.850. The molecule has 0 aliphatic rings. The summed E-state index contributed by atoms with van der Waals surface area (Å²) < 4.78 is 10.1. The molecule has 0 aromatic rings. The first kappa shape index (κ1) is 13.4. The van der Waals surface area contributed by atoms with E-state index in [1.54, 1.807) is 0 Å². The minimum Gasteiger partial charge on any atom is -0.396 e. The fraction of sp³-hybridized carbons (Fsp3) is 0.889. The molecule has 3 N–H and O–H groups in total. The minimum atomic E-state index is -0.441. The summed E-state index contributed by atoms with van der Waals surface area (Å²) in [5, 5.41) is 8.45. The van der Waals surface area contributed by atoms with E-state index >= 15 is 0 Å². The molecule has 0 aliphatic heterocycles. The van der Waals surface area contributed by atoms with Gasteiger partial charge in [-0.3, -0.25) is 4.79 Å². The Morgan fingerprint density at radius 3 is 2.21 bits per heavy atom. The maximum Gasteiger partial charge on any atom is 0.243 e. The van der Waals surface area contributed by atoms with Gasteiger partial charge in [-0.05, 0) is 19.3 Å². The molecular weight excluding hydrogens is 186 g/mol. The number of aliphatic hydroxyl groups is 1. The van der Waals surface area contributed by atoms with E-state index in [4.69, 9.17) is 20.3 Å². The molecule has 5 heteroatoms. The zero-order valence-electron chi connectivity index (χ0n) is 8.41. The average molecular weight is 205 g/mol. The quantitative estimate of drug-likeness (QED) is 0.478. The van der Waals surface area contributed by atoms with Gasteiger partial charge in [-0.15, -0.1) is 0 Å². The van der Waals surface area contributed by atoms with Crippen LogP contribution in [0, 0.1) is 0 Å². The van der Waals surface area contributed by atoms with Gasteiger partial charge in [0, 0.05) is 26.4 Å². The third kappa shape index (κ3) is 11.4. The summed E-state index contributed by atoms with van der Waals surface area (Å²) in [4.78, 5) is 10.3. The van der Waals surface area contributed by atoms with Crippen molar-refractivity contribution in [2.75, 3.05) is 33.0 Å². The van der Waals surface area contributed by atoms with E-state index in [1.165, 1.54) is 0 Å². The number of carbonyl (C=O) groups excluding carboxylic acids is 1. The Labute approximate surface area is 84.2 Å². The lowest BCUT2D eigenvalue weighted by Gasteiger charge is -2.03. The topological polar surface area (TPSA) is 81.8 Å². The highest BCUT2D eigenvalue weighted by atomic mass is 16.5. The Morgan fingerprint density at radius 2 is 1.64 bits per heavy atom. The number of hydrogen-bond donors (Lipinski definition) is 2. The Balaban J connectivity index is 2.88. The molecule has 0 spiro atoms. The van der Waals surface area contributed by atoms with Crippen LogP contribution in [0.25, 0.3) is 0 Å². The summed E-state index contributed by atoms with van der Waals surface area (Å²) in [6, 6.07) is 0. The number of unbranched alkanes of at least 4 members (excludes halogenated alkanes) is 1. The first-order chi connectivity index (χ1) is 6.77. The van der Waals surface area contributed by atoms with Crippen molar-refractivity contribution < 1.29 is 19.4 Å². The molecule has 5 nitrogen and oxygen atoms in total. The molecule has 0 aromatic heterocycles. The third-order valence-electron chi connectivity index (χ3n) is 1.52. The Bertz CT molecular complexity index is 141. The van der Waals surface area contributed by atoms with Gasteiger partial charge in [-0.25, -0.2) is 0 Å². The predicted octanol–water partition coefficient (Wildman–Crippen LogP) is -0.333. The Hall–Kier alpha value is -0.650. The molecule has 0 saturated carbocycles. The number of hydrogen-bond acceptors (Lipinski definition) is 4. The van der Waals surface area contributed by atoms with Crippen LogP contribution < -0.4 is 5.73 Å². The van der Waals surface area contributed by atoms with Gasteiger partial charge in [0.25, 0.3) is 0 Å². The molecule has 84 valence electrons. The number of aliphatic hydroxyl groups excluding tert-OH is 1. The van der Waals surface area contributed by atoms with Crippen LogP contribution in [0.2, 0.25) is 0 Å². The van der Waals surface area contributed by atoms with Crippen LogP contribution in [-0.2, 0) is 14.3 Å². The van der Waals surface area contributed by atoms with Crippen molar-refractivity contribution in [3.63, 3.8) is 0 Å². The minimum absolute atomic E-state index is 0.00856. The van der Waals surface area contributed by atoms with Crippen LogP contribution >= 0.6 is 0 Å². The van der Waals surface area contributed by atoms with Crippen molar-refractivity contribution in [2.45, 2.75) is 19.3 Å². The number of ether oxygens (including phenoxy) is 2. The second-order valence-electron chi connectivity index (χ2n) is 2.92. The van der Waals surface area contributed by atoms with Gasteiger partial charge in [0.2, 0.25) is 5.91 Å². The zero-order chi connectivity index (χ0) is 10.6. The highest BCUT2D eigenvalue weighted by Gasteiger charge is 1.94. The first-order valence-electron chi connectivity index (χ1n) is 4.82. The molecule has 0 saturated heterocycles. The SMILES string of the molecule is NC(=O)COCCCCOCCCO. The highest BCUT2D eigenvalue weighted by molar-refractivity contribution is 5.74. The lowest BCUT2D eigenvalue weighted by molar-refractivity contribution is -0.122. The number of nitrogens with two attached hydrogens (primary N) is 1. The van der Waals surface area contributed by atoms with Crippen LogP contribution in [0.1, 0.15) is 19.3 Å². The van der Waals surface area contributed by atoms with Crippen molar-refractivity contribution in [1.82, 2.24) is 0 Å². The molecule has 0 aliphatic carbocycles. The predicted molar refractivity (Wildman–Crippen MR) is 51.8 cm³/mol. The van der Waals surface area contributed by atoms with Crippen LogP contribution in [-0.4, -0.2) is 44.0 Å². The van der Waals surface area contributed by atoms with Crippen LogP contribution in [0.3, 0.4) is 0 Å². The van der Waals surface area contributed by atoms with Gasteiger partial charge in [-0.1, -0.05) is 0 Å². The first-order valence-corrected chi connectivity index (χ1v) is 4.82. The molecule has 1 amide bonds. The van der Waals surface area contributed by atoms with Crippen molar-refractivity contribution in [3.05, 3.63) is 0 Å². The van der Waals surface area contributed by atoms with Crippen molar-refractivity contribution in [2.24, 2.45) is 5.73 Å². The molecule has 0 unspecified atom stereocenters. The van der Waals surface area contributed by atoms with Crippen molar-refractivity contribution >= 4 is 5.91 Å². The molecule has 0 rings (SSSR count). The van der Waals surface area contributed by atoms with Gasteiger partial charge >= 0.3 is 0 Å². The average Bonchev–Trinajstić information content (AvgIpc) is 2.15. The fourth-order valence-electron chi connectivity index (χ4n) is 0.850. The van der Waals surface area contributed by atoms with E-state index in [-0.39, 0.29) is 13.2 Å². The molecule has 0 heterocycles. The number of rotatable bonds is 10. The van der Waals surface area contributed by atoms with Gasteiger partial charge in [0.05, 0.1) is 0 Å². The number of carbonyl (C=O) groups is 1. The van der Waals surface area contributed by atoms with E-state index in [1.807, 2.05) is 0 Å². The molecule has 0 aromatic carbocycles. The summed E-state index contributed by atoms with van der Waals surface area (Å²) in [6.07, 6.45) is 2.43. The molecule has 14 heavy (non-hydrogen) atoms. The van der Waals surface area contributed by atoms with Crippen LogP contribution in [0.5, 0.6) is 0 Å². The maximum absolute atomic E-state index is 10.3. The second kappa shape index (κ2) is 10.4. The van der Waals surface area contributed by atoms with Gasteiger partial charge in [-0.2, -0.15) is 0 Å². The number of amides is 1. The summed E-state index contributed by atoms with van der Waals surface area (Å²) in [5.41, 5.74) is 4.88. The van der Waals surface area contributed by atoms with Gasteiger partial charge in [0.15, 0.2) is 0 Å². The van der Waals surface area contributed by atoms with E-state index in [2.05, 4.69) is 0 Å². The normalized spacial score (nSPS) is 10.4. The monoisotopic (exact) mass is 205 g/mol. The third-order valence-corrected chi connectivity index (χ3v) is 1.52. The largest absolute Gasteiger partial charge is 0.396 e. The molecular formula is C9H19NO4. The van der Waals surface area contributed by atoms with E-state index in [0.717, 1.165) is 12.8 Å².